The van der Waals surface area contributed by atoms with Crippen molar-refractivity contribution in [2.75, 3.05) is 6.61 Å². The summed E-state index contributed by atoms with van der Waals surface area (Å²) in [4.78, 5) is 31.9. The summed E-state index contributed by atoms with van der Waals surface area (Å²) in [7, 11) is 0. The van der Waals surface area contributed by atoms with Gasteiger partial charge in [-0.05, 0) is 24.3 Å². The predicted octanol–water partition coefficient (Wildman–Crippen LogP) is 0.349. The van der Waals surface area contributed by atoms with Crippen LogP contribution < -0.4 is 15.8 Å². The van der Waals surface area contributed by atoms with E-state index >= 15 is 0 Å². The molecule has 0 bridgehead atoms. The monoisotopic (exact) mass is 252 g/mol. The summed E-state index contributed by atoms with van der Waals surface area (Å²) < 4.78 is 5.19. The fraction of sp³-hybridized carbons (Fsp3) is 0.182. The largest absolute Gasteiger partial charge is 0.493 e. The first-order valence-corrected chi connectivity index (χ1v) is 5.04. The van der Waals surface area contributed by atoms with Gasteiger partial charge < -0.3 is 15.6 Å². The third-order valence-corrected chi connectivity index (χ3v) is 1.96. The summed E-state index contributed by atoms with van der Waals surface area (Å²) in [5.74, 6) is -1.13. The maximum Gasteiger partial charge on any atom is 0.335 e. The van der Waals surface area contributed by atoms with Crippen LogP contribution in [0, 0.1) is 0 Å². The summed E-state index contributed by atoms with van der Waals surface area (Å²) in [5, 5.41) is 10.6. The Kier molecular flexibility index (Phi) is 4.67. The second kappa shape index (κ2) is 6.24. The van der Waals surface area contributed by atoms with Gasteiger partial charge in [-0.2, -0.15) is 0 Å². The zero-order valence-corrected chi connectivity index (χ0v) is 9.38. The van der Waals surface area contributed by atoms with Crippen molar-refractivity contribution in [2.24, 2.45) is 5.73 Å². The average Bonchev–Trinajstić information content (AvgIpc) is 2.28. The Morgan fingerprint density at radius 3 is 2.33 bits per heavy atom. The van der Waals surface area contributed by atoms with Gasteiger partial charge in [0.05, 0.1) is 18.6 Å². The van der Waals surface area contributed by atoms with E-state index in [0.29, 0.717) is 5.75 Å². The van der Waals surface area contributed by atoms with Crippen molar-refractivity contribution in [2.45, 2.75) is 6.42 Å². The summed E-state index contributed by atoms with van der Waals surface area (Å²) in [6, 6.07) is 4.83. The van der Waals surface area contributed by atoms with Crippen LogP contribution in [0.5, 0.6) is 5.75 Å². The SMILES string of the molecule is NC(=O)NC(=O)CCOc1ccc(C(=O)O)cc1. The van der Waals surface area contributed by atoms with Crippen LogP contribution in [0.3, 0.4) is 0 Å². The lowest BCUT2D eigenvalue weighted by Gasteiger charge is -2.05. The van der Waals surface area contributed by atoms with E-state index in [-0.39, 0.29) is 18.6 Å². The number of carbonyl (C=O) groups excluding carboxylic acids is 2. The van der Waals surface area contributed by atoms with E-state index < -0.39 is 17.9 Å². The third kappa shape index (κ3) is 4.52. The van der Waals surface area contributed by atoms with Crippen molar-refractivity contribution in [3.05, 3.63) is 29.8 Å². The van der Waals surface area contributed by atoms with Gasteiger partial charge in [-0.25, -0.2) is 9.59 Å². The standard InChI is InChI=1S/C11H12N2O5/c12-11(17)13-9(14)5-6-18-8-3-1-7(2-4-8)10(15)16/h1-4H,5-6H2,(H,15,16)(H3,12,13,14,17). The number of carbonyl (C=O) groups is 3. The average molecular weight is 252 g/mol. The van der Waals surface area contributed by atoms with Crippen molar-refractivity contribution < 1.29 is 24.2 Å². The topological polar surface area (TPSA) is 119 Å². The van der Waals surface area contributed by atoms with E-state index in [0.717, 1.165) is 0 Å². The van der Waals surface area contributed by atoms with Crippen molar-refractivity contribution in [3.8, 4) is 5.75 Å². The number of carboxylic acids is 1. The summed E-state index contributed by atoms with van der Waals surface area (Å²) in [5.41, 5.74) is 4.90. The third-order valence-electron chi connectivity index (χ3n) is 1.96. The number of rotatable bonds is 5. The molecule has 0 saturated carbocycles. The van der Waals surface area contributed by atoms with Gasteiger partial charge in [0.2, 0.25) is 5.91 Å². The molecule has 1 rings (SSSR count). The molecule has 0 spiro atoms. The quantitative estimate of drug-likeness (QED) is 0.698. The number of benzene rings is 1. The Morgan fingerprint density at radius 1 is 1.22 bits per heavy atom. The molecule has 7 nitrogen and oxygen atoms in total. The molecule has 3 amide bonds. The first-order valence-electron chi connectivity index (χ1n) is 5.04. The number of nitrogens with two attached hydrogens (primary N) is 1. The molecule has 0 unspecified atom stereocenters. The smallest absolute Gasteiger partial charge is 0.335 e. The fourth-order valence-corrected chi connectivity index (χ4v) is 1.16. The second-order valence-electron chi connectivity index (χ2n) is 3.34. The molecule has 1 aromatic carbocycles. The molecule has 0 radical (unpaired) electrons. The number of primary amides is 1. The highest BCUT2D eigenvalue weighted by atomic mass is 16.5. The summed E-state index contributed by atoms with van der Waals surface area (Å²) in [6.07, 6.45) is -0.0242. The van der Waals surface area contributed by atoms with Crippen molar-refractivity contribution in [3.63, 3.8) is 0 Å². The van der Waals surface area contributed by atoms with Crippen LogP contribution in [0.4, 0.5) is 4.79 Å². The Bertz CT molecular complexity index is 455. The van der Waals surface area contributed by atoms with E-state index in [9.17, 15) is 14.4 Å². The van der Waals surface area contributed by atoms with Crippen molar-refractivity contribution in [1.29, 1.82) is 0 Å². The lowest BCUT2D eigenvalue weighted by molar-refractivity contribution is -0.120. The van der Waals surface area contributed by atoms with Crippen LogP contribution in [0.15, 0.2) is 24.3 Å². The Labute approximate surface area is 103 Å². The van der Waals surface area contributed by atoms with Crippen LogP contribution in [0.1, 0.15) is 16.8 Å². The highest BCUT2D eigenvalue weighted by Gasteiger charge is 2.05. The van der Waals surface area contributed by atoms with Gasteiger partial charge in [-0.1, -0.05) is 0 Å². The van der Waals surface area contributed by atoms with Crippen molar-refractivity contribution in [1.82, 2.24) is 5.32 Å². The van der Waals surface area contributed by atoms with Crippen LogP contribution >= 0.6 is 0 Å². The van der Waals surface area contributed by atoms with Crippen LogP contribution in [-0.4, -0.2) is 29.6 Å². The maximum absolute atomic E-state index is 11.0. The number of carboxylic acid groups (broad SMARTS) is 1. The molecule has 96 valence electrons. The second-order valence-corrected chi connectivity index (χ2v) is 3.34. The minimum absolute atomic E-state index is 0.0242. The zero-order valence-electron chi connectivity index (χ0n) is 9.38. The molecule has 0 aliphatic heterocycles. The molecule has 0 fully saturated rings. The molecule has 0 aliphatic rings. The Morgan fingerprint density at radius 2 is 1.83 bits per heavy atom. The minimum atomic E-state index is -1.03. The van der Waals surface area contributed by atoms with Gasteiger partial charge in [0.1, 0.15) is 5.75 Å². The van der Waals surface area contributed by atoms with Gasteiger partial charge in [0, 0.05) is 0 Å². The summed E-state index contributed by atoms with van der Waals surface area (Å²) >= 11 is 0. The lowest BCUT2D eigenvalue weighted by Crippen LogP contribution is -2.35. The number of nitrogens with one attached hydrogen (secondary N) is 1. The first kappa shape index (κ1) is 13.5. The number of imide groups is 1. The van der Waals surface area contributed by atoms with E-state index in [1.807, 2.05) is 5.32 Å². The van der Waals surface area contributed by atoms with Gasteiger partial charge in [-0.3, -0.25) is 10.1 Å². The van der Waals surface area contributed by atoms with Crippen LogP contribution in [-0.2, 0) is 4.79 Å². The number of hydrogen-bond donors (Lipinski definition) is 3. The van der Waals surface area contributed by atoms with Gasteiger partial charge in [-0.15, -0.1) is 0 Å². The molecule has 1 aromatic rings. The number of urea groups is 1. The minimum Gasteiger partial charge on any atom is -0.493 e. The maximum atomic E-state index is 11.0. The molecule has 18 heavy (non-hydrogen) atoms. The first-order chi connectivity index (χ1) is 8.49. The molecule has 0 aliphatic carbocycles. The molecule has 0 saturated heterocycles. The van der Waals surface area contributed by atoms with Gasteiger partial charge in [0.15, 0.2) is 0 Å². The Balaban J connectivity index is 2.38. The van der Waals surface area contributed by atoms with E-state index in [4.69, 9.17) is 15.6 Å². The normalized spacial score (nSPS) is 9.56. The molecule has 0 aromatic heterocycles. The molecular weight excluding hydrogens is 240 g/mol. The molecule has 0 heterocycles. The zero-order chi connectivity index (χ0) is 13.5. The molecular formula is C11H12N2O5. The lowest BCUT2D eigenvalue weighted by atomic mass is 10.2. The van der Waals surface area contributed by atoms with E-state index in [1.54, 1.807) is 0 Å². The number of ether oxygens (including phenoxy) is 1. The fourth-order valence-electron chi connectivity index (χ4n) is 1.16. The highest BCUT2D eigenvalue weighted by Crippen LogP contribution is 2.12. The highest BCUT2D eigenvalue weighted by molar-refractivity contribution is 5.93. The van der Waals surface area contributed by atoms with E-state index in [2.05, 4.69) is 0 Å². The van der Waals surface area contributed by atoms with Crippen molar-refractivity contribution >= 4 is 17.9 Å². The molecule has 7 heteroatoms. The number of hydrogen-bond acceptors (Lipinski definition) is 4. The molecule has 4 N–H and O–H groups in total. The van der Waals surface area contributed by atoms with Gasteiger partial charge >= 0.3 is 12.0 Å². The predicted molar refractivity (Wildman–Crippen MR) is 61.2 cm³/mol. The summed E-state index contributed by atoms with van der Waals surface area (Å²) in [6.45, 7) is 0.0610. The van der Waals surface area contributed by atoms with Gasteiger partial charge in [0.25, 0.3) is 0 Å². The van der Waals surface area contributed by atoms with Crippen LogP contribution in [0.25, 0.3) is 0 Å². The Hall–Kier alpha value is -2.57. The van der Waals surface area contributed by atoms with E-state index in [1.165, 1.54) is 24.3 Å². The number of amides is 3. The van der Waals surface area contributed by atoms with Crippen LogP contribution in [0.2, 0.25) is 0 Å². The molecule has 0 atom stereocenters. The number of aromatic carboxylic acids is 1.